The van der Waals surface area contributed by atoms with Crippen LogP contribution in [0.3, 0.4) is 0 Å². The van der Waals surface area contributed by atoms with Crippen molar-refractivity contribution in [3.8, 4) is 5.75 Å². The molecule has 1 spiro atoms. The number of aliphatic hydroxyl groups is 1. The van der Waals surface area contributed by atoms with Gasteiger partial charge in [0.2, 0.25) is 0 Å². The second-order valence-corrected chi connectivity index (χ2v) is 7.14. The molecule has 1 aromatic rings. The van der Waals surface area contributed by atoms with Crippen molar-refractivity contribution in [3.63, 3.8) is 0 Å². The first-order valence-electron chi connectivity index (χ1n) is 6.41. The minimum atomic E-state index is -0.167. The van der Waals surface area contributed by atoms with E-state index in [2.05, 4.69) is 31.9 Å². The minimum Gasteiger partial charge on any atom is -0.488 e. The van der Waals surface area contributed by atoms with Crippen LogP contribution in [-0.4, -0.2) is 17.3 Å². The second-order valence-electron chi connectivity index (χ2n) is 5.37. The highest BCUT2D eigenvalue weighted by molar-refractivity contribution is 9.11. The number of hydrogen-bond donors (Lipinski definition) is 1. The van der Waals surface area contributed by atoms with E-state index in [1.165, 1.54) is 12.8 Å². The Morgan fingerprint density at radius 3 is 2.56 bits per heavy atom. The van der Waals surface area contributed by atoms with E-state index in [1.54, 1.807) is 0 Å². The van der Waals surface area contributed by atoms with E-state index in [1.807, 2.05) is 18.2 Å². The van der Waals surface area contributed by atoms with E-state index in [0.29, 0.717) is 0 Å². The number of aliphatic hydroxyl groups excluding tert-OH is 1. The van der Waals surface area contributed by atoms with Gasteiger partial charge in [-0.15, -0.1) is 0 Å². The number of rotatable bonds is 2. The van der Waals surface area contributed by atoms with E-state index >= 15 is 0 Å². The fourth-order valence-electron chi connectivity index (χ4n) is 3.30. The van der Waals surface area contributed by atoms with Crippen molar-refractivity contribution in [2.45, 2.75) is 44.3 Å². The minimum absolute atomic E-state index is 0.0342. The van der Waals surface area contributed by atoms with E-state index < -0.39 is 0 Å². The first kappa shape index (κ1) is 12.9. The molecule has 1 N–H and O–H groups in total. The van der Waals surface area contributed by atoms with Crippen LogP contribution in [0.4, 0.5) is 0 Å². The molecule has 18 heavy (non-hydrogen) atoms. The molecule has 1 aromatic carbocycles. The van der Waals surface area contributed by atoms with Gasteiger partial charge in [-0.2, -0.15) is 0 Å². The fourth-order valence-corrected chi connectivity index (χ4v) is 4.44. The predicted octanol–water partition coefficient (Wildman–Crippen LogP) is 4.28. The van der Waals surface area contributed by atoms with Crippen molar-refractivity contribution in [3.05, 3.63) is 27.1 Å². The third-order valence-corrected chi connectivity index (χ3v) is 5.55. The molecule has 2 saturated carbocycles. The molecule has 4 heteroatoms. The molecule has 0 amide bonds. The van der Waals surface area contributed by atoms with Gasteiger partial charge in [-0.3, -0.25) is 0 Å². The van der Waals surface area contributed by atoms with E-state index in [-0.39, 0.29) is 17.6 Å². The molecule has 0 aliphatic heterocycles. The standard InChI is InChI=1S/C14H16Br2O2/c15-9-3-4-11(10(16)7-9)18-13-8-12(17)14(13)5-1-2-6-14/h3-4,7,12-13,17H,1-2,5-6,8H2. The summed E-state index contributed by atoms with van der Waals surface area (Å²) >= 11 is 6.96. The number of ether oxygens (including phenoxy) is 1. The summed E-state index contributed by atoms with van der Waals surface area (Å²) in [4.78, 5) is 0. The van der Waals surface area contributed by atoms with Crippen LogP contribution in [0.2, 0.25) is 0 Å². The van der Waals surface area contributed by atoms with Crippen molar-refractivity contribution in [1.82, 2.24) is 0 Å². The van der Waals surface area contributed by atoms with Gasteiger partial charge < -0.3 is 9.84 Å². The molecule has 0 saturated heterocycles. The Labute approximate surface area is 124 Å². The molecule has 2 unspecified atom stereocenters. The molecule has 2 fully saturated rings. The van der Waals surface area contributed by atoms with Crippen LogP contribution in [-0.2, 0) is 0 Å². The van der Waals surface area contributed by atoms with Crippen LogP contribution in [0, 0.1) is 5.41 Å². The number of halogens is 2. The molecule has 2 aliphatic rings. The van der Waals surface area contributed by atoms with Gasteiger partial charge in [-0.1, -0.05) is 28.8 Å². The molecular weight excluding hydrogens is 360 g/mol. The summed E-state index contributed by atoms with van der Waals surface area (Å²) in [6.07, 6.45) is 5.42. The fraction of sp³-hybridized carbons (Fsp3) is 0.571. The molecule has 0 aromatic heterocycles. The first-order chi connectivity index (χ1) is 8.62. The van der Waals surface area contributed by atoms with Gasteiger partial charge in [0.25, 0.3) is 0 Å². The van der Waals surface area contributed by atoms with Gasteiger partial charge in [0.15, 0.2) is 0 Å². The Morgan fingerprint density at radius 1 is 1.22 bits per heavy atom. The van der Waals surface area contributed by atoms with Crippen LogP contribution in [0.15, 0.2) is 27.1 Å². The first-order valence-corrected chi connectivity index (χ1v) is 8.00. The van der Waals surface area contributed by atoms with E-state index in [0.717, 1.165) is 34.0 Å². The average molecular weight is 376 g/mol. The molecule has 0 bridgehead atoms. The van der Waals surface area contributed by atoms with Gasteiger partial charge in [0.1, 0.15) is 11.9 Å². The summed E-state index contributed by atoms with van der Waals surface area (Å²) in [6, 6.07) is 5.95. The Bertz CT molecular complexity index is 455. The lowest BCUT2D eigenvalue weighted by molar-refractivity contribution is -0.152. The summed E-state index contributed by atoms with van der Waals surface area (Å²) in [5, 5.41) is 10.1. The molecule has 2 aliphatic carbocycles. The summed E-state index contributed by atoms with van der Waals surface area (Å²) < 4.78 is 8.11. The quantitative estimate of drug-likeness (QED) is 0.835. The monoisotopic (exact) mass is 374 g/mol. The van der Waals surface area contributed by atoms with Crippen molar-refractivity contribution < 1.29 is 9.84 Å². The van der Waals surface area contributed by atoms with Crippen molar-refractivity contribution in [2.24, 2.45) is 5.41 Å². The van der Waals surface area contributed by atoms with Crippen LogP contribution >= 0.6 is 31.9 Å². The van der Waals surface area contributed by atoms with Gasteiger partial charge in [0, 0.05) is 16.3 Å². The lowest BCUT2D eigenvalue weighted by Gasteiger charge is -2.51. The van der Waals surface area contributed by atoms with Gasteiger partial charge in [0.05, 0.1) is 10.6 Å². The van der Waals surface area contributed by atoms with Crippen LogP contribution in [0.5, 0.6) is 5.75 Å². The predicted molar refractivity (Wildman–Crippen MR) is 77.8 cm³/mol. The topological polar surface area (TPSA) is 29.5 Å². The molecule has 2 atom stereocenters. The molecule has 0 radical (unpaired) electrons. The van der Waals surface area contributed by atoms with E-state index in [9.17, 15) is 5.11 Å². The van der Waals surface area contributed by atoms with Gasteiger partial charge in [-0.05, 0) is 47.0 Å². The van der Waals surface area contributed by atoms with Crippen molar-refractivity contribution in [2.75, 3.05) is 0 Å². The maximum absolute atomic E-state index is 10.1. The highest BCUT2D eigenvalue weighted by atomic mass is 79.9. The Hall–Kier alpha value is -0.0600. The lowest BCUT2D eigenvalue weighted by atomic mass is 9.62. The van der Waals surface area contributed by atoms with Crippen LogP contribution in [0.25, 0.3) is 0 Å². The molecule has 0 heterocycles. The maximum Gasteiger partial charge on any atom is 0.134 e. The van der Waals surface area contributed by atoms with Gasteiger partial charge >= 0.3 is 0 Å². The smallest absolute Gasteiger partial charge is 0.134 e. The zero-order chi connectivity index (χ0) is 12.8. The largest absolute Gasteiger partial charge is 0.488 e. The SMILES string of the molecule is OC1CC(Oc2ccc(Br)cc2Br)C12CCCC2. The highest BCUT2D eigenvalue weighted by Crippen LogP contribution is 2.55. The zero-order valence-corrected chi connectivity index (χ0v) is 13.2. The lowest BCUT2D eigenvalue weighted by Crippen LogP contribution is -2.58. The molecule has 2 nitrogen and oxygen atoms in total. The Morgan fingerprint density at radius 2 is 1.94 bits per heavy atom. The maximum atomic E-state index is 10.1. The summed E-state index contributed by atoms with van der Waals surface area (Å²) in [5.74, 6) is 0.876. The summed E-state index contributed by atoms with van der Waals surface area (Å²) in [7, 11) is 0. The third-order valence-electron chi connectivity index (χ3n) is 4.44. The number of hydrogen-bond acceptors (Lipinski definition) is 2. The zero-order valence-electron chi connectivity index (χ0n) is 10.0. The van der Waals surface area contributed by atoms with Crippen molar-refractivity contribution in [1.29, 1.82) is 0 Å². The summed E-state index contributed by atoms with van der Waals surface area (Å²) in [6.45, 7) is 0. The van der Waals surface area contributed by atoms with Crippen molar-refractivity contribution >= 4 is 31.9 Å². The highest BCUT2D eigenvalue weighted by Gasteiger charge is 2.57. The van der Waals surface area contributed by atoms with E-state index in [4.69, 9.17) is 4.74 Å². The Balaban J connectivity index is 1.77. The second kappa shape index (κ2) is 4.80. The Kier molecular flexibility index (Phi) is 3.45. The molecule has 3 rings (SSSR count). The molecule has 98 valence electrons. The van der Waals surface area contributed by atoms with Crippen LogP contribution in [0.1, 0.15) is 32.1 Å². The normalized spacial score (nSPS) is 29.3. The molecular formula is C14H16Br2O2. The summed E-state index contributed by atoms with van der Waals surface area (Å²) in [5.41, 5.74) is 0.0342. The number of benzene rings is 1. The third kappa shape index (κ3) is 2.02. The average Bonchev–Trinajstić information content (AvgIpc) is 2.83. The van der Waals surface area contributed by atoms with Gasteiger partial charge in [-0.25, -0.2) is 0 Å². The van der Waals surface area contributed by atoms with Crippen LogP contribution < -0.4 is 4.74 Å².